The molecule has 0 aliphatic heterocycles. The zero-order valence-corrected chi connectivity index (χ0v) is 14.2. The van der Waals surface area contributed by atoms with Crippen molar-refractivity contribution in [2.75, 3.05) is 5.32 Å². The summed E-state index contributed by atoms with van der Waals surface area (Å²) in [4.78, 5) is 11.9. The monoisotopic (exact) mass is 343 g/mol. The minimum absolute atomic E-state index is 0.0882. The number of carbonyl (C=O) groups is 1. The van der Waals surface area contributed by atoms with Gasteiger partial charge in [0.15, 0.2) is 0 Å². The number of aromatic nitrogens is 2. The second-order valence-electron chi connectivity index (χ2n) is 5.62. The normalized spacial score (nSPS) is 11.5. The number of hydrogen-bond donors (Lipinski definition) is 1. The molecular weight excluding hydrogens is 329 g/mol. The number of carbonyl (C=O) groups excluding carboxylic acids is 1. The van der Waals surface area contributed by atoms with Crippen molar-refractivity contribution in [2.45, 2.75) is 27.2 Å². The first-order valence-corrected chi connectivity index (χ1v) is 7.91. The van der Waals surface area contributed by atoms with Crippen molar-refractivity contribution in [3.63, 3.8) is 0 Å². The highest BCUT2D eigenvalue weighted by molar-refractivity contribution is 7.15. The molecule has 112 valence electrons. The molecule has 1 amide bonds. The Kier molecular flexibility index (Phi) is 4.86. The van der Waals surface area contributed by atoms with Gasteiger partial charge in [0.2, 0.25) is 11.0 Å². The van der Waals surface area contributed by atoms with Crippen LogP contribution in [0.5, 0.6) is 0 Å². The Morgan fingerprint density at radius 1 is 1.29 bits per heavy atom. The lowest BCUT2D eigenvalue weighted by Crippen LogP contribution is -2.27. The Morgan fingerprint density at radius 2 is 2.00 bits per heavy atom. The van der Waals surface area contributed by atoms with Crippen LogP contribution in [0.1, 0.15) is 31.3 Å². The van der Waals surface area contributed by atoms with Crippen molar-refractivity contribution < 1.29 is 4.79 Å². The molecule has 0 fully saturated rings. The maximum absolute atomic E-state index is 11.9. The van der Waals surface area contributed by atoms with Gasteiger partial charge in [0.05, 0.1) is 0 Å². The van der Waals surface area contributed by atoms with Crippen molar-refractivity contribution >= 4 is 45.6 Å². The van der Waals surface area contributed by atoms with E-state index >= 15 is 0 Å². The molecule has 0 atom stereocenters. The van der Waals surface area contributed by atoms with Crippen LogP contribution in [0.2, 0.25) is 10.0 Å². The van der Waals surface area contributed by atoms with Gasteiger partial charge < -0.3 is 5.32 Å². The minimum Gasteiger partial charge on any atom is -0.300 e. The van der Waals surface area contributed by atoms with Crippen LogP contribution in [0.15, 0.2) is 18.2 Å². The van der Waals surface area contributed by atoms with E-state index in [1.807, 2.05) is 26.8 Å². The molecule has 2 rings (SSSR count). The molecule has 0 bridgehead atoms. The van der Waals surface area contributed by atoms with E-state index in [0.717, 1.165) is 10.6 Å². The van der Waals surface area contributed by atoms with Gasteiger partial charge in [-0.25, -0.2) is 0 Å². The Labute approximate surface area is 137 Å². The van der Waals surface area contributed by atoms with Gasteiger partial charge in [-0.2, -0.15) is 0 Å². The van der Waals surface area contributed by atoms with Crippen LogP contribution in [-0.4, -0.2) is 16.1 Å². The standard InChI is InChI=1S/C14H15Cl2N3OS/c1-14(2,3)12(20)17-13-19-18-11(21-13)6-8-4-5-9(15)7-10(8)16/h4-5,7H,6H2,1-3H3,(H,17,19,20). The number of halogens is 2. The molecule has 4 nitrogen and oxygen atoms in total. The molecule has 0 radical (unpaired) electrons. The van der Waals surface area contributed by atoms with Crippen molar-refractivity contribution in [3.8, 4) is 0 Å². The van der Waals surface area contributed by atoms with Crippen molar-refractivity contribution in [1.82, 2.24) is 10.2 Å². The SMILES string of the molecule is CC(C)(C)C(=O)Nc1nnc(Cc2ccc(Cl)cc2Cl)s1. The largest absolute Gasteiger partial charge is 0.300 e. The number of benzene rings is 1. The van der Waals surface area contributed by atoms with E-state index in [0.29, 0.717) is 21.6 Å². The fourth-order valence-electron chi connectivity index (χ4n) is 1.49. The number of amides is 1. The highest BCUT2D eigenvalue weighted by Gasteiger charge is 2.22. The third-order valence-electron chi connectivity index (χ3n) is 2.73. The fourth-order valence-corrected chi connectivity index (χ4v) is 2.72. The quantitative estimate of drug-likeness (QED) is 0.897. The molecule has 7 heteroatoms. The molecule has 1 N–H and O–H groups in total. The van der Waals surface area contributed by atoms with Gasteiger partial charge in [0.25, 0.3) is 0 Å². The summed E-state index contributed by atoms with van der Waals surface area (Å²) in [5.74, 6) is -0.0882. The lowest BCUT2D eigenvalue weighted by Gasteiger charge is -2.15. The van der Waals surface area contributed by atoms with E-state index in [4.69, 9.17) is 23.2 Å². The summed E-state index contributed by atoms with van der Waals surface area (Å²) in [5, 5.41) is 13.3. The number of anilines is 1. The molecule has 21 heavy (non-hydrogen) atoms. The molecule has 1 aromatic carbocycles. The molecule has 0 aliphatic rings. The Bertz CT molecular complexity index is 664. The van der Waals surface area contributed by atoms with Crippen molar-refractivity contribution in [3.05, 3.63) is 38.8 Å². The number of nitrogens with one attached hydrogen (secondary N) is 1. The van der Waals surface area contributed by atoms with Crippen LogP contribution in [0.25, 0.3) is 0 Å². The zero-order chi connectivity index (χ0) is 15.6. The molecule has 1 heterocycles. The minimum atomic E-state index is -0.467. The molecule has 0 saturated carbocycles. The van der Waals surface area contributed by atoms with E-state index in [1.165, 1.54) is 11.3 Å². The van der Waals surface area contributed by atoms with Crippen LogP contribution in [0.3, 0.4) is 0 Å². The fraction of sp³-hybridized carbons (Fsp3) is 0.357. The summed E-state index contributed by atoms with van der Waals surface area (Å²) in [6.45, 7) is 5.54. The Morgan fingerprint density at radius 3 is 2.62 bits per heavy atom. The molecule has 0 spiro atoms. The van der Waals surface area contributed by atoms with Gasteiger partial charge in [-0.3, -0.25) is 4.79 Å². The summed E-state index contributed by atoms with van der Waals surface area (Å²) < 4.78 is 0. The lowest BCUT2D eigenvalue weighted by atomic mass is 9.96. The highest BCUT2D eigenvalue weighted by atomic mass is 35.5. The second kappa shape index (κ2) is 6.30. The molecule has 1 aromatic heterocycles. The third kappa shape index (κ3) is 4.40. The van der Waals surface area contributed by atoms with Crippen LogP contribution in [0.4, 0.5) is 5.13 Å². The number of hydrogen-bond acceptors (Lipinski definition) is 4. The topological polar surface area (TPSA) is 54.9 Å². The average Bonchev–Trinajstić information content (AvgIpc) is 2.79. The molecule has 2 aromatic rings. The average molecular weight is 344 g/mol. The maximum Gasteiger partial charge on any atom is 0.231 e. The third-order valence-corrected chi connectivity index (χ3v) is 4.15. The summed E-state index contributed by atoms with van der Waals surface area (Å²) in [5.41, 5.74) is 0.455. The van der Waals surface area contributed by atoms with Gasteiger partial charge in [-0.1, -0.05) is 61.4 Å². The Hall–Kier alpha value is -1.17. The van der Waals surface area contributed by atoms with Gasteiger partial charge in [-0.15, -0.1) is 10.2 Å². The first-order chi connectivity index (χ1) is 9.75. The predicted octanol–water partition coefficient (Wildman–Crippen LogP) is 4.42. The lowest BCUT2D eigenvalue weighted by molar-refractivity contribution is -0.123. The van der Waals surface area contributed by atoms with Gasteiger partial charge in [0.1, 0.15) is 5.01 Å². The van der Waals surface area contributed by atoms with E-state index in [1.54, 1.807) is 12.1 Å². The maximum atomic E-state index is 11.9. The molecule has 0 unspecified atom stereocenters. The first kappa shape index (κ1) is 16.2. The Balaban J connectivity index is 2.08. The van der Waals surface area contributed by atoms with E-state index < -0.39 is 5.41 Å². The van der Waals surface area contributed by atoms with Crippen molar-refractivity contribution in [2.24, 2.45) is 5.41 Å². The summed E-state index contributed by atoms with van der Waals surface area (Å²) >= 11 is 13.3. The molecular formula is C14H15Cl2N3OS. The number of nitrogens with zero attached hydrogens (tertiary/aromatic N) is 2. The van der Waals surface area contributed by atoms with Gasteiger partial charge >= 0.3 is 0 Å². The van der Waals surface area contributed by atoms with Crippen LogP contribution < -0.4 is 5.32 Å². The van der Waals surface area contributed by atoms with Crippen LogP contribution in [-0.2, 0) is 11.2 Å². The van der Waals surface area contributed by atoms with Crippen LogP contribution in [0, 0.1) is 5.41 Å². The first-order valence-electron chi connectivity index (χ1n) is 6.33. The smallest absolute Gasteiger partial charge is 0.231 e. The molecule has 0 aliphatic carbocycles. The summed E-state index contributed by atoms with van der Waals surface area (Å²) in [6, 6.07) is 5.34. The summed E-state index contributed by atoms with van der Waals surface area (Å²) in [7, 11) is 0. The van der Waals surface area contributed by atoms with E-state index in [-0.39, 0.29) is 5.91 Å². The molecule has 0 saturated heterocycles. The zero-order valence-electron chi connectivity index (χ0n) is 11.9. The second-order valence-corrected chi connectivity index (χ2v) is 7.52. The predicted molar refractivity (Wildman–Crippen MR) is 87.3 cm³/mol. The van der Waals surface area contributed by atoms with Gasteiger partial charge in [-0.05, 0) is 17.7 Å². The number of rotatable bonds is 3. The van der Waals surface area contributed by atoms with E-state index in [2.05, 4.69) is 15.5 Å². The van der Waals surface area contributed by atoms with Crippen LogP contribution >= 0.6 is 34.5 Å². The summed E-state index contributed by atoms with van der Waals surface area (Å²) in [6.07, 6.45) is 0.555. The van der Waals surface area contributed by atoms with Crippen molar-refractivity contribution in [1.29, 1.82) is 0 Å². The van der Waals surface area contributed by atoms with Gasteiger partial charge in [0, 0.05) is 21.9 Å². The highest BCUT2D eigenvalue weighted by Crippen LogP contribution is 2.26. The van der Waals surface area contributed by atoms with E-state index in [9.17, 15) is 4.79 Å².